The highest BCUT2D eigenvalue weighted by Gasteiger charge is 2.34. The number of urea groups is 1. The van der Waals surface area contributed by atoms with Crippen molar-refractivity contribution < 1.29 is 45.1 Å². The predicted molar refractivity (Wildman–Crippen MR) is 140 cm³/mol. The van der Waals surface area contributed by atoms with Crippen LogP contribution in [0.5, 0.6) is 0 Å². The Morgan fingerprint density at radius 2 is 1.60 bits per heavy atom. The molecule has 15 heteroatoms. The zero-order chi connectivity index (χ0) is 30.5. The Bertz CT molecular complexity index is 1370. The predicted octanol–water partition coefficient (Wildman–Crippen LogP) is 6.00. The zero-order valence-electron chi connectivity index (χ0n) is 22.4. The summed E-state index contributed by atoms with van der Waals surface area (Å²) in [5.74, 6) is -1.28. The second-order valence-electron chi connectivity index (χ2n) is 10.0. The van der Waals surface area contributed by atoms with Crippen molar-refractivity contribution in [2.45, 2.75) is 63.0 Å². The Morgan fingerprint density at radius 3 is 2.21 bits per heavy atom. The molecule has 3 aromatic rings. The Labute approximate surface area is 236 Å². The van der Waals surface area contributed by atoms with Gasteiger partial charge in [-0.2, -0.15) is 26.3 Å². The van der Waals surface area contributed by atoms with Gasteiger partial charge in [-0.05, 0) is 48.2 Å². The van der Waals surface area contributed by atoms with E-state index in [0.29, 0.717) is 31.2 Å². The average molecular weight is 600 g/mol. The minimum absolute atomic E-state index is 0.0954. The first-order valence-electron chi connectivity index (χ1n) is 13.1. The second kappa shape index (κ2) is 12.8. The monoisotopic (exact) mass is 599 g/mol. The van der Waals surface area contributed by atoms with Crippen molar-refractivity contribution in [1.82, 2.24) is 10.6 Å². The molecule has 226 valence electrons. The van der Waals surface area contributed by atoms with Crippen LogP contribution >= 0.6 is 0 Å². The number of amides is 3. The number of aromatic nitrogens is 2. The van der Waals surface area contributed by atoms with Crippen LogP contribution in [0.3, 0.4) is 0 Å². The van der Waals surface area contributed by atoms with E-state index in [0.717, 1.165) is 12.1 Å². The molecule has 2 aromatic carbocycles. The highest BCUT2D eigenvalue weighted by Crippen LogP contribution is 2.34. The van der Waals surface area contributed by atoms with Gasteiger partial charge in [0.15, 0.2) is 6.04 Å². The number of carbonyl (C=O) groups is 2. The highest BCUT2D eigenvalue weighted by atomic mass is 19.4. The van der Waals surface area contributed by atoms with E-state index in [4.69, 9.17) is 4.52 Å². The van der Waals surface area contributed by atoms with E-state index in [2.05, 4.69) is 26.5 Å². The van der Waals surface area contributed by atoms with Gasteiger partial charge >= 0.3 is 24.3 Å². The zero-order valence-corrected chi connectivity index (χ0v) is 22.4. The molecule has 0 radical (unpaired) electrons. The molecule has 0 aliphatic heterocycles. The number of rotatable bonds is 8. The summed E-state index contributed by atoms with van der Waals surface area (Å²) in [6.07, 6.45) is -5.62. The van der Waals surface area contributed by atoms with Crippen LogP contribution in [0.4, 0.5) is 48.4 Å². The first-order valence-corrected chi connectivity index (χ1v) is 13.1. The first-order chi connectivity index (χ1) is 19.8. The van der Waals surface area contributed by atoms with Gasteiger partial charge in [0.2, 0.25) is 11.2 Å². The van der Waals surface area contributed by atoms with Crippen LogP contribution in [0.1, 0.15) is 55.7 Å². The summed E-state index contributed by atoms with van der Waals surface area (Å²) in [6.45, 7) is 0.556. The lowest BCUT2D eigenvalue weighted by atomic mass is 9.91. The molecule has 1 aliphatic rings. The molecule has 42 heavy (non-hydrogen) atoms. The Balaban J connectivity index is 1.37. The molecule has 0 spiro atoms. The molecule has 1 heterocycles. The molecule has 1 saturated carbocycles. The number of alkyl halides is 6. The summed E-state index contributed by atoms with van der Waals surface area (Å²) in [4.78, 5) is 25.3. The van der Waals surface area contributed by atoms with Gasteiger partial charge in [0.25, 0.3) is 6.20 Å². The summed E-state index contributed by atoms with van der Waals surface area (Å²) in [7, 11) is 0. The van der Waals surface area contributed by atoms with Crippen molar-refractivity contribution in [1.29, 1.82) is 0 Å². The third-order valence-electron chi connectivity index (χ3n) is 6.86. The summed E-state index contributed by atoms with van der Waals surface area (Å²) in [6, 6.07) is 10.0. The van der Waals surface area contributed by atoms with Gasteiger partial charge < -0.3 is 16.0 Å². The molecule has 4 N–H and O–H groups in total. The van der Waals surface area contributed by atoms with Crippen molar-refractivity contribution in [2.24, 2.45) is 0 Å². The lowest BCUT2D eigenvalue weighted by molar-refractivity contribution is -0.787. The molecule has 9 nitrogen and oxygen atoms in total. The fourth-order valence-corrected chi connectivity index (χ4v) is 4.64. The quantitative estimate of drug-likeness (QED) is 0.187. The van der Waals surface area contributed by atoms with Crippen molar-refractivity contribution in [3.8, 4) is 0 Å². The molecule has 0 bridgehead atoms. The molecule has 0 saturated heterocycles. The molecule has 4 rings (SSSR count). The maximum atomic E-state index is 13.6. The van der Waals surface area contributed by atoms with E-state index in [-0.39, 0.29) is 29.3 Å². The van der Waals surface area contributed by atoms with Crippen LogP contribution < -0.4 is 25.9 Å². The normalized spacial score (nSPS) is 18.3. The molecule has 0 unspecified atom stereocenters. The summed E-state index contributed by atoms with van der Waals surface area (Å²) in [5, 5.41) is 13.5. The SMILES string of the molecule is C[C@H](C(=O)Nc1cc(NC(=O)Nc2c[n+](C3CCC(NCC(F)(F)F)CC3)no2)cc(C(F)(F)F)c1)c1ccccc1. The van der Waals surface area contributed by atoms with Crippen LogP contribution in [0, 0.1) is 0 Å². The topological polar surface area (TPSA) is 112 Å². The number of carbonyl (C=O) groups excluding carboxylic acids is 2. The first kappa shape index (κ1) is 30.8. The summed E-state index contributed by atoms with van der Waals surface area (Å²) in [5.41, 5.74) is -0.802. The lowest BCUT2D eigenvalue weighted by Crippen LogP contribution is -2.46. The molecule has 1 aliphatic carbocycles. The average Bonchev–Trinajstić information content (AvgIpc) is 3.39. The molecular formula is C27H29F6N6O3+. The van der Waals surface area contributed by atoms with Crippen LogP contribution in [0.15, 0.2) is 59.3 Å². The third-order valence-corrected chi connectivity index (χ3v) is 6.86. The number of hydrogen-bond donors (Lipinski definition) is 4. The fourth-order valence-electron chi connectivity index (χ4n) is 4.64. The summed E-state index contributed by atoms with van der Waals surface area (Å²) >= 11 is 0. The maximum Gasteiger partial charge on any atom is 0.416 e. The molecule has 1 aromatic heterocycles. The number of nitrogens with zero attached hydrogens (tertiary/aromatic N) is 2. The van der Waals surface area contributed by atoms with E-state index in [1.807, 2.05) is 0 Å². The third kappa shape index (κ3) is 8.68. The fraction of sp³-hybridized carbons (Fsp3) is 0.407. The molecule has 1 atom stereocenters. The number of nitrogens with one attached hydrogen (secondary N) is 4. The van der Waals surface area contributed by atoms with Crippen molar-refractivity contribution >= 4 is 29.2 Å². The summed E-state index contributed by atoms with van der Waals surface area (Å²) < 4.78 is 84.6. The van der Waals surface area contributed by atoms with Gasteiger partial charge in [-0.3, -0.25) is 14.6 Å². The number of halogens is 6. The van der Waals surface area contributed by atoms with E-state index < -0.39 is 42.3 Å². The second-order valence-corrected chi connectivity index (χ2v) is 10.0. The molecular weight excluding hydrogens is 570 g/mol. The largest absolute Gasteiger partial charge is 0.416 e. The van der Waals surface area contributed by atoms with Crippen molar-refractivity contribution in [3.63, 3.8) is 0 Å². The molecule has 3 amide bonds. The number of anilines is 3. The minimum atomic E-state index is -4.75. The Hall–Kier alpha value is -4.14. The van der Waals surface area contributed by atoms with Gasteiger partial charge in [-0.15, -0.1) is 0 Å². The lowest BCUT2D eigenvalue weighted by Gasteiger charge is -2.25. The van der Waals surface area contributed by atoms with Crippen LogP contribution in [0.25, 0.3) is 0 Å². The van der Waals surface area contributed by atoms with Crippen LogP contribution in [-0.2, 0) is 11.0 Å². The van der Waals surface area contributed by atoms with E-state index in [1.165, 1.54) is 16.9 Å². The van der Waals surface area contributed by atoms with Crippen molar-refractivity contribution in [2.75, 3.05) is 22.5 Å². The highest BCUT2D eigenvalue weighted by molar-refractivity contribution is 6.00. The smallest absolute Gasteiger partial charge is 0.325 e. The van der Waals surface area contributed by atoms with Gasteiger partial charge in [0.05, 0.1) is 18.0 Å². The maximum absolute atomic E-state index is 13.6. The van der Waals surface area contributed by atoms with E-state index >= 15 is 0 Å². The van der Waals surface area contributed by atoms with Crippen LogP contribution in [-0.4, -0.2) is 36.0 Å². The number of hydrogen-bond acceptors (Lipinski definition) is 5. The van der Waals surface area contributed by atoms with Gasteiger partial charge in [-0.25, -0.2) is 4.79 Å². The van der Waals surface area contributed by atoms with E-state index in [9.17, 15) is 35.9 Å². The van der Waals surface area contributed by atoms with Crippen LogP contribution in [0.2, 0.25) is 0 Å². The van der Waals surface area contributed by atoms with Gasteiger partial charge in [0.1, 0.15) is 0 Å². The Kier molecular flexibility index (Phi) is 9.39. The van der Waals surface area contributed by atoms with Gasteiger partial charge in [0, 0.05) is 30.3 Å². The number of benzene rings is 2. The minimum Gasteiger partial charge on any atom is -0.325 e. The standard InChI is InChI=1S/C27H28F6N6O3/c1-16(17-5-3-2-4-6-17)24(40)35-20-11-18(27(31,32)33)12-21(13-20)36-25(41)37-23-14-39(38-42-23)22-9-7-19(8-10-22)34-15-26(28,29)30/h2-6,11-14,16,19,22,34H,7-10,15H2,1H3,(H2-,35,36,37,38,40,41)/p+1/t16-,19?,22?/m0/s1. The van der Waals surface area contributed by atoms with Gasteiger partial charge in [-0.1, -0.05) is 30.3 Å². The van der Waals surface area contributed by atoms with E-state index in [1.54, 1.807) is 37.3 Å². The molecule has 1 fully saturated rings. The van der Waals surface area contributed by atoms with Crippen molar-refractivity contribution in [3.05, 3.63) is 65.9 Å². The Morgan fingerprint density at radius 1 is 0.952 bits per heavy atom.